The molecule has 0 radical (unpaired) electrons. The summed E-state index contributed by atoms with van der Waals surface area (Å²) in [6, 6.07) is 17.9. The molecule has 0 fully saturated rings. The number of rotatable bonds is 5. The summed E-state index contributed by atoms with van der Waals surface area (Å²) in [5.41, 5.74) is 7.02. The summed E-state index contributed by atoms with van der Waals surface area (Å²) in [6.07, 6.45) is 0. The Kier molecular flexibility index (Phi) is 4.68. The highest BCUT2D eigenvalue weighted by Gasteiger charge is 2.04. The number of hydrazone groups is 1. The molecule has 0 unspecified atom stereocenters. The van der Waals surface area contributed by atoms with Gasteiger partial charge in [0, 0.05) is 10.9 Å². The Morgan fingerprint density at radius 3 is 2.52 bits per heavy atom. The van der Waals surface area contributed by atoms with Crippen LogP contribution in [0.5, 0.6) is 5.75 Å². The molecule has 0 aliphatic carbocycles. The van der Waals surface area contributed by atoms with Crippen LogP contribution in [0.3, 0.4) is 0 Å². The highest BCUT2D eigenvalue weighted by Crippen LogP contribution is 2.24. The second-order valence-electron chi connectivity index (χ2n) is 4.94. The zero-order valence-electron chi connectivity index (χ0n) is 13.0. The van der Waals surface area contributed by atoms with Crippen molar-refractivity contribution < 1.29 is 4.74 Å². The fraction of sp³-hybridized carbons (Fsp3) is 0.111. The van der Waals surface area contributed by atoms with Gasteiger partial charge in [-0.3, -0.25) is 5.43 Å². The Morgan fingerprint density at radius 2 is 1.83 bits per heavy atom. The van der Waals surface area contributed by atoms with E-state index in [4.69, 9.17) is 4.74 Å². The van der Waals surface area contributed by atoms with Crippen LogP contribution in [-0.4, -0.2) is 17.8 Å². The molecule has 0 aliphatic rings. The molecule has 3 aromatic rings. The predicted molar refractivity (Wildman–Crippen MR) is 96.4 cm³/mol. The lowest BCUT2D eigenvalue weighted by molar-refractivity contribution is 0.415. The van der Waals surface area contributed by atoms with Crippen LogP contribution in [0, 0.1) is 0 Å². The van der Waals surface area contributed by atoms with E-state index in [0.717, 1.165) is 33.4 Å². The summed E-state index contributed by atoms with van der Waals surface area (Å²) in [5.74, 6) is 0.835. The Hall–Kier alpha value is -2.66. The van der Waals surface area contributed by atoms with E-state index in [1.165, 1.54) is 11.3 Å². The molecule has 23 heavy (non-hydrogen) atoms. The molecular weight excluding hydrogens is 306 g/mol. The van der Waals surface area contributed by atoms with E-state index in [1.54, 1.807) is 7.11 Å². The number of thiazole rings is 1. The van der Waals surface area contributed by atoms with Gasteiger partial charge in [-0.15, -0.1) is 11.3 Å². The van der Waals surface area contributed by atoms with Crippen molar-refractivity contribution in [3.05, 3.63) is 65.5 Å². The van der Waals surface area contributed by atoms with Gasteiger partial charge in [0.1, 0.15) is 5.75 Å². The normalized spacial score (nSPS) is 11.3. The molecule has 0 saturated heterocycles. The number of hydrogen-bond donors (Lipinski definition) is 1. The summed E-state index contributed by atoms with van der Waals surface area (Å²) in [5, 5.41) is 7.20. The topological polar surface area (TPSA) is 46.5 Å². The van der Waals surface area contributed by atoms with Gasteiger partial charge in [-0.05, 0) is 36.8 Å². The summed E-state index contributed by atoms with van der Waals surface area (Å²) < 4.78 is 5.16. The van der Waals surface area contributed by atoms with Gasteiger partial charge in [0.2, 0.25) is 5.13 Å². The van der Waals surface area contributed by atoms with Crippen molar-refractivity contribution in [3.8, 4) is 17.0 Å². The van der Waals surface area contributed by atoms with Gasteiger partial charge in [-0.1, -0.05) is 30.3 Å². The molecule has 4 nitrogen and oxygen atoms in total. The smallest absolute Gasteiger partial charge is 0.203 e. The fourth-order valence-corrected chi connectivity index (χ4v) is 2.76. The number of benzene rings is 2. The number of nitrogens with zero attached hydrogens (tertiary/aromatic N) is 2. The molecule has 2 aromatic carbocycles. The molecule has 3 rings (SSSR count). The number of anilines is 1. The Labute approximate surface area is 139 Å². The van der Waals surface area contributed by atoms with Crippen LogP contribution in [0.4, 0.5) is 5.13 Å². The third-order valence-corrected chi connectivity index (χ3v) is 4.15. The van der Waals surface area contributed by atoms with Crippen LogP contribution in [-0.2, 0) is 0 Å². The largest absolute Gasteiger partial charge is 0.497 e. The Morgan fingerprint density at radius 1 is 1.09 bits per heavy atom. The Balaban J connectivity index is 1.70. The van der Waals surface area contributed by atoms with E-state index in [9.17, 15) is 0 Å². The van der Waals surface area contributed by atoms with Crippen molar-refractivity contribution in [2.45, 2.75) is 6.92 Å². The monoisotopic (exact) mass is 323 g/mol. The Bertz CT molecular complexity index is 795. The summed E-state index contributed by atoms with van der Waals surface area (Å²) in [6.45, 7) is 1.96. The second-order valence-corrected chi connectivity index (χ2v) is 5.80. The van der Waals surface area contributed by atoms with Crippen LogP contribution in [0.2, 0.25) is 0 Å². The molecule has 116 valence electrons. The lowest BCUT2D eigenvalue weighted by atomic mass is 10.1. The molecule has 0 aliphatic heterocycles. The van der Waals surface area contributed by atoms with Crippen molar-refractivity contribution in [2.75, 3.05) is 12.5 Å². The molecule has 0 amide bonds. The first-order valence-electron chi connectivity index (χ1n) is 7.22. The molecule has 1 heterocycles. The number of methoxy groups -OCH3 is 1. The summed E-state index contributed by atoms with van der Waals surface area (Å²) in [4.78, 5) is 4.55. The lowest BCUT2D eigenvalue weighted by Crippen LogP contribution is -1.99. The SMILES string of the molecule is COc1ccc(C(C)=NNc2nc(-c3ccccc3)cs2)cc1. The number of aromatic nitrogens is 1. The van der Waals surface area contributed by atoms with E-state index in [0.29, 0.717) is 0 Å². The van der Waals surface area contributed by atoms with Gasteiger partial charge in [0.15, 0.2) is 0 Å². The van der Waals surface area contributed by atoms with Gasteiger partial charge >= 0.3 is 0 Å². The number of hydrogen-bond acceptors (Lipinski definition) is 5. The van der Waals surface area contributed by atoms with Crippen molar-refractivity contribution in [1.82, 2.24) is 4.98 Å². The first-order chi connectivity index (χ1) is 11.3. The zero-order valence-corrected chi connectivity index (χ0v) is 13.8. The maximum absolute atomic E-state index is 5.16. The molecule has 1 aromatic heterocycles. The molecular formula is C18H17N3OS. The summed E-state index contributed by atoms with van der Waals surface area (Å²) >= 11 is 1.54. The fourth-order valence-electron chi connectivity index (χ4n) is 2.10. The van der Waals surface area contributed by atoms with E-state index in [2.05, 4.69) is 15.5 Å². The average molecular weight is 323 g/mol. The quantitative estimate of drug-likeness (QED) is 0.549. The first-order valence-corrected chi connectivity index (χ1v) is 8.10. The van der Waals surface area contributed by atoms with Crippen LogP contribution >= 0.6 is 11.3 Å². The van der Waals surface area contributed by atoms with Gasteiger partial charge in [-0.2, -0.15) is 5.10 Å². The highest BCUT2D eigenvalue weighted by atomic mass is 32.1. The third kappa shape index (κ3) is 3.76. The van der Waals surface area contributed by atoms with Gasteiger partial charge < -0.3 is 4.74 Å². The molecule has 0 saturated carbocycles. The number of nitrogens with one attached hydrogen (secondary N) is 1. The third-order valence-electron chi connectivity index (χ3n) is 3.40. The van der Waals surface area contributed by atoms with Crippen molar-refractivity contribution in [2.24, 2.45) is 5.10 Å². The van der Waals surface area contributed by atoms with Gasteiger partial charge in [0.05, 0.1) is 18.5 Å². The molecule has 0 atom stereocenters. The summed E-state index contributed by atoms with van der Waals surface area (Å²) in [7, 11) is 1.66. The molecule has 0 bridgehead atoms. The first kappa shape index (κ1) is 15.2. The van der Waals surface area contributed by atoms with E-state index in [1.807, 2.05) is 66.9 Å². The van der Waals surface area contributed by atoms with Crippen molar-refractivity contribution in [3.63, 3.8) is 0 Å². The maximum atomic E-state index is 5.16. The molecule has 1 N–H and O–H groups in total. The van der Waals surface area contributed by atoms with Crippen molar-refractivity contribution in [1.29, 1.82) is 0 Å². The van der Waals surface area contributed by atoms with Crippen LogP contribution < -0.4 is 10.2 Å². The number of ether oxygens (including phenoxy) is 1. The lowest BCUT2D eigenvalue weighted by Gasteiger charge is -2.03. The standard InChI is InChI=1S/C18H17N3OS/c1-13(14-8-10-16(22-2)11-9-14)20-21-18-19-17(12-23-18)15-6-4-3-5-7-15/h3-12H,1-2H3,(H,19,21). The van der Waals surface area contributed by atoms with Crippen LogP contribution in [0.25, 0.3) is 11.3 Å². The minimum atomic E-state index is 0.775. The molecule has 0 spiro atoms. The van der Waals surface area contributed by atoms with Gasteiger partial charge in [0.25, 0.3) is 0 Å². The van der Waals surface area contributed by atoms with E-state index >= 15 is 0 Å². The predicted octanol–water partition coefficient (Wildman–Crippen LogP) is 4.65. The van der Waals surface area contributed by atoms with Crippen LogP contribution in [0.1, 0.15) is 12.5 Å². The van der Waals surface area contributed by atoms with Gasteiger partial charge in [-0.25, -0.2) is 4.98 Å². The average Bonchev–Trinajstić information content (AvgIpc) is 3.09. The molecule has 5 heteroatoms. The van der Waals surface area contributed by atoms with Crippen LogP contribution in [0.15, 0.2) is 65.1 Å². The zero-order chi connectivity index (χ0) is 16.1. The highest BCUT2D eigenvalue weighted by molar-refractivity contribution is 7.14. The van der Waals surface area contributed by atoms with Crippen molar-refractivity contribution >= 4 is 22.2 Å². The van der Waals surface area contributed by atoms with E-state index in [-0.39, 0.29) is 0 Å². The van der Waals surface area contributed by atoms with E-state index < -0.39 is 0 Å². The maximum Gasteiger partial charge on any atom is 0.203 e. The minimum absolute atomic E-state index is 0.775. The second kappa shape index (κ2) is 7.07. The minimum Gasteiger partial charge on any atom is -0.497 e.